The molecule has 6 aromatic carbocycles. The molecule has 230 valence electrons. The van der Waals surface area contributed by atoms with E-state index >= 15 is 0 Å². The first-order valence-electron chi connectivity index (χ1n) is 17.0. The van der Waals surface area contributed by atoms with Gasteiger partial charge in [0, 0.05) is 21.9 Å². The maximum atomic E-state index is 6.48. The molecule has 3 aromatic heterocycles. The van der Waals surface area contributed by atoms with Gasteiger partial charge < -0.3 is 4.42 Å². The van der Waals surface area contributed by atoms with Crippen molar-refractivity contribution in [2.24, 2.45) is 0 Å². The first kappa shape index (κ1) is 26.8. The van der Waals surface area contributed by atoms with Crippen LogP contribution >= 0.6 is 0 Å². The molecule has 0 radical (unpaired) electrons. The second kappa shape index (κ2) is 10.1. The summed E-state index contributed by atoms with van der Waals surface area (Å²) in [4.78, 5) is 11.0. The normalized spacial score (nSPS) is 14.0. The minimum atomic E-state index is 0.587. The Labute approximate surface area is 281 Å². The Morgan fingerprint density at radius 2 is 1.41 bits per heavy atom. The molecule has 0 spiro atoms. The van der Waals surface area contributed by atoms with Crippen molar-refractivity contribution in [1.82, 2.24) is 14.5 Å². The second-order valence-corrected chi connectivity index (χ2v) is 13.2. The molecule has 0 N–H and O–H groups in total. The number of allylic oxidation sites excluding steroid dienone is 4. The molecular formula is C45H29N3O. The number of fused-ring (bicyclic) bond motifs is 13. The van der Waals surface area contributed by atoms with E-state index in [2.05, 4.69) is 144 Å². The molecule has 0 atom stereocenters. The van der Waals surface area contributed by atoms with Crippen LogP contribution in [0.3, 0.4) is 0 Å². The molecule has 0 saturated carbocycles. The van der Waals surface area contributed by atoms with Crippen molar-refractivity contribution in [3.8, 4) is 17.1 Å². The standard InChI is InChI=1S/C45H29N3O/c1-2-15-29-30(16-3-1)34-21-12-22-36(41(34)33-19-7-6-17-31(29)33)42-44(46-43-35-20-9-11-24-40(35)49-45(43)47-42)48-38-23-10-8-18-32(38)37-25-27-13-4-5-14-28(27)26-39(37)48/h1-8,10-15,17-19,21-26H,9,16,20H2. The molecule has 4 heteroatoms. The summed E-state index contributed by atoms with van der Waals surface area (Å²) in [5.74, 6) is 1.68. The lowest BCUT2D eigenvalue weighted by Crippen LogP contribution is -2.05. The van der Waals surface area contributed by atoms with Gasteiger partial charge in [-0.2, -0.15) is 0 Å². The zero-order chi connectivity index (χ0) is 32.1. The minimum absolute atomic E-state index is 0.587. The third-order valence-corrected chi connectivity index (χ3v) is 10.5. The van der Waals surface area contributed by atoms with Crippen LogP contribution in [0.1, 0.15) is 28.9 Å². The van der Waals surface area contributed by atoms with Crippen molar-refractivity contribution in [3.05, 3.63) is 150 Å². The summed E-state index contributed by atoms with van der Waals surface area (Å²) in [5.41, 5.74) is 9.27. The van der Waals surface area contributed by atoms with Gasteiger partial charge in [-0.1, -0.05) is 115 Å². The Balaban J connectivity index is 1.33. The molecule has 9 aromatic rings. The van der Waals surface area contributed by atoms with Crippen LogP contribution < -0.4 is 0 Å². The average Bonchev–Trinajstić information content (AvgIpc) is 3.55. The van der Waals surface area contributed by atoms with E-state index in [0.717, 1.165) is 64.2 Å². The van der Waals surface area contributed by atoms with Crippen LogP contribution in [-0.4, -0.2) is 14.5 Å². The van der Waals surface area contributed by atoms with E-state index < -0.39 is 0 Å². The van der Waals surface area contributed by atoms with E-state index in [0.29, 0.717) is 5.71 Å². The Morgan fingerprint density at radius 1 is 0.612 bits per heavy atom. The number of hydrogen-bond acceptors (Lipinski definition) is 3. The molecular weight excluding hydrogens is 599 g/mol. The Morgan fingerprint density at radius 3 is 2.33 bits per heavy atom. The van der Waals surface area contributed by atoms with Gasteiger partial charge in [-0.05, 0) is 87.0 Å². The van der Waals surface area contributed by atoms with Crippen molar-refractivity contribution in [3.63, 3.8) is 0 Å². The highest BCUT2D eigenvalue weighted by Gasteiger charge is 2.26. The van der Waals surface area contributed by atoms with Crippen LogP contribution in [0.4, 0.5) is 0 Å². The van der Waals surface area contributed by atoms with E-state index in [-0.39, 0.29) is 0 Å². The third-order valence-electron chi connectivity index (χ3n) is 10.5. The molecule has 0 fully saturated rings. The SMILES string of the molecule is C1=CCc2c(c3ccccc3c3c(-c4nc5oc6c(c5nc4-n4c5ccccc5c5cc7ccccc7cc54)CCC=C6)cccc23)C=C1. The van der Waals surface area contributed by atoms with Crippen LogP contribution in [0.25, 0.3) is 94.6 Å². The quantitative estimate of drug-likeness (QED) is 0.179. The second-order valence-electron chi connectivity index (χ2n) is 13.2. The zero-order valence-corrected chi connectivity index (χ0v) is 26.7. The van der Waals surface area contributed by atoms with E-state index in [4.69, 9.17) is 14.4 Å². The summed E-state index contributed by atoms with van der Waals surface area (Å²) in [6.45, 7) is 0. The third kappa shape index (κ3) is 3.80. The van der Waals surface area contributed by atoms with E-state index in [1.165, 1.54) is 54.2 Å². The van der Waals surface area contributed by atoms with Crippen molar-refractivity contribution in [2.45, 2.75) is 19.3 Å². The monoisotopic (exact) mass is 627 g/mol. The minimum Gasteiger partial charge on any atom is -0.437 e. The van der Waals surface area contributed by atoms with Gasteiger partial charge >= 0.3 is 0 Å². The smallest absolute Gasteiger partial charge is 0.246 e. The fourth-order valence-electron chi connectivity index (χ4n) is 8.34. The maximum Gasteiger partial charge on any atom is 0.246 e. The van der Waals surface area contributed by atoms with Crippen LogP contribution in [-0.2, 0) is 12.8 Å². The molecule has 0 amide bonds. The van der Waals surface area contributed by atoms with Gasteiger partial charge in [0.1, 0.15) is 17.0 Å². The topological polar surface area (TPSA) is 43.9 Å². The maximum absolute atomic E-state index is 6.48. The Hall–Kier alpha value is -6.26. The number of nitrogens with zero attached hydrogens (tertiary/aromatic N) is 3. The fourth-order valence-corrected chi connectivity index (χ4v) is 8.34. The molecule has 0 aliphatic heterocycles. The lowest BCUT2D eigenvalue weighted by molar-refractivity contribution is 0.584. The van der Waals surface area contributed by atoms with Gasteiger partial charge in [-0.25, -0.2) is 9.97 Å². The van der Waals surface area contributed by atoms with Crippen LogP contribution in [0.15, 0.2) is 132 Å². The summed E-state index contributed by atoms with van der Waals surface area (Å²) in [6, 6.07) is 37.4. The lowest BCUT2D eigenvalue weighted by atomic mass is 9.87. The Bertz CT molecular complexity index is 2970. The number of aromatic nitrogens is 3. The largest absolute Gasteiger partial charge is 0.437 e. The highest BCUT2D eigenvalue weighted by molar-refractivity contribution is 6.19. The molecule has 11 rings (SSSR count). The summed E-state index contributed by atoms with van der Waals surface area (Å²) in [5, 5.41) is 9.70. The number of rotatable bonds is 2. The van der Waals surface area contributed by atoms with Crippen molar-refractivity contribution >= 4 is 77.5 Å². The van der Waals surface area contributed by atoms with Gasteiger partial charge in [0.2, 0.25) is 5.71 Å². The van der Waals surface area contributed by atoms with Crippen molar-refractivity contribution in [1.29, 1.82) is 0 Å². The van der Waals surface area contributed by atoms with Crippen molar-refractivity contribution in [2.75, 3.05) is 0 Å². The van der Waals surface area contributed by atoms with Gasteiger partial charge in [-0.15, -0.1) is 0 Å². The summed E-state index contributed by atoms with van der Waals surface area (Å²) in [7, 11) is 0. The number of hydrogen-bond donors (Lipinski definition) is 0. The van der Waals surface area contributed by atoms with E-state index in [1.54, 1.807) is 0 Å². The van der Waals surface area contributed by atoms with Gasteiger partial charge in [0.15, 0.2) is 5.82 Å². The predicted octanol–water partition coefficient (Wildman–Crippen LogP) is 11.5. The first-order valence-corrected chi connectivity index (χ1v) is 17.0. The van der Waals surface area contributed by atoms with Crippen molar-refractivity contribution < 1.29 is 4.42 Å². The van der Waals surface area contributed by atoms with Gasteiger partial charge in [0.05, 0.1) is 11.0 Å². The highest BCUT2D eigenvalue weighted by Crippen LogP contribution is 2.44. The number of benzene rings is 6. The predicted molar refractivity (Wildman–Crippen MR) is 203 cm³/mol. The van der Waals surface area contributed by atoms with Gasteiger partial charge in [0.25, 0.3) is 0 Å². The molecule has 4 nitrogen and oxygen atoms in total. The molecule has 0 bridgehead atoms. The molecule has 0 saturated heterocycles. The van der Waals surface area contributed by atoms with E-state index in [1.807, 2.05) is 0 Å². The molecule has 2 aliphatic rings. The van der Waals surface area contributed by atoms with E-state index in [9.17, 15) is 0 Å². The number of furan rings is 1. The van der Waals surface area contributed by atoms with Crippen LogP contribution in [0.2, 0.25) is 0 Å². The highest BCUT2D eigenvalue weighted by atomic mass is 16.3. The summed E-state index contributed by atoms with van der Waals surface area (Å²) < 4.78 is 8.82. The first-order chi connectivity index (χ1) is 24.3. The lowest BCUT2D eigenvalue weighted by Gasteiger charge is -2.18. The number of para-hydroxylation sites is 1. The Kier molecular flexibility index (Phi) is 5.53. The molecule has 49 heavy (non-hydrogen) atoms. The van der Waals surface area contributed by atoms with Crippen LogP contribution in [0, 0.1) is 0 Å². The van der Waals surface area contributed by atoms with Crippen LogP contribution in [0.5, 0.6) is 0 Å². The summed E-state index contributed by atoms with van der Waals surface area (Å²) >= 11 is 0. The van der Waals surface area contributed by atoms with Gasteiger partial charge in [-0.3, -0.25) is 4.57 Å². The zero-order valence-electron chi connectivity index (χ0n) is 26.7. The summed E-state index contributed by atoms with van der Waals surface area (Å²) in [6.07, 6.45) is 15.8. The molecule has 2 aliphatic carbocycles. The molecule has 3 heterocycles. The molecule has 0 unspecified atom stereocenters. The number of aryl methyl sites for hydroxylation is 1. The fraction of sp³-hybridized carbons (Fsp3) is 0.0667. The average molecular weight is 628 g/mol.